The molecule has 1 N–H and O–H groups in total. The summed E-state index contributed by atoms with van der Waals surface area (Å²) in [5, 5.41) is 4.43. The molecular formula is C20H23N3O2S. The summed E-state index contributed by atoms with van der Waals surface area (Å²) in [5.41, 5.74) is 0.825. The summed E-state index contributed by atoms with van der Waals surface area (Å²) in [6, 6.07) is 8.22. The Hall–Kier alpha value is -2.60. The molecule has 0 saturated carbocycles. The Balaban J connectivity index is 2.00. The predicted molar refractivity (Wildman–Crippen MR) is 108 cm³/mol. The van der Waals surface area contributed by atoms with Gasteiger partial charge >= 0.3 is 0 Å². The van der Waals surface area contributed by atoms with E-state index in [1.54, 1.807) is 25.6 Å². The highest BCUT2D eigenvalue weighted by atomic mass is 32.1. The molecule has 3 rings (SSSR count). The van der Waals surface area contributed by atoms with Crippen LogP contribution in [-0.2, 0) is 0 Å². The van der Waals surface area contributed by atoms with Crippen molar-refractivity contribution in [3.05, 3.63) is 45.9 Å². The molecule has 1 atom stereocenters. The Labute approximate surface area is 157 Å². The summed E-state index contributed by atoms with van der Waals surface area (Å²) < 4.78 is 10.8. The summed E-state index contributed by atoms with van der Waals surface area (Å²) in [6.45, 7) is 6.05. The van der Waals surface area contributed by atoms with Crippen molar-refractivity contribution in [1.29, 1.82) is 0 Å². The number of nitrogens with one attached hydrogen (secondary N) is 1. The van der Waals surface area contributed by atoms with Crippen molar-refractivity contribution < 1.29 is 9.47 Å². The lowest BCUT2D eigenvalue weighted by Gasteiger charge is -2.16. The van der Waals surface area contributed by atoms with E-state index in [9.17, 15) is 0 Å². The van der Waals surface area contributed by atoms with Crippen LogP contribution in [0.5, 0.6) is 11.5 Å². The normalized spacial score (nSPS) is 12.5. The van der Waals surface area contributed by atoms with Gasteiger partial charge in [0.2, 0.25) is 0 Å². The fraction of sp³-hybridized carbons (Fsp3) is 0.300. The molecule has 0 aliphatic rings. The van der Waals surface area contributed by atoms with Crippen molar-refractivity contribution in [2.24, 2.45) is 0 Å². The van der Waals surface area contributed by atoms with Crippen LogP contribution >= 0.6 is 11.3 Å². The molecule has 2 heterocycles. The van der Waals surface area contributed by atoms with E-state index in [0.717, 1.165) is 16.7 Å². The van der Waals surface area contributed by atoms with Gasteiger partial charge in [-0.2, -0.15) is 0 Å². The van der Waals surface area contributed by atoms with Gasteiger partial charge in [0, 0.05) is 21.2 Å². The maximum atomic E-state index is 5.44. The number of thiophene rings is 1. The highest BCUT2D eigenvalue weighted by Gasteiger charge is 2.15. The fourth-order valence-corrected chi connectivity index (χ4v) is 3.80. The van der Waals surface area contributed by atoms with Crippen molar-refractivity contribution in [2.45, 2.75) is 26.8 Å². The molecule has 1 aromatic carbocycles. The predicted octanol–water partition coefficient (Wildman–Crippen LogP) is 5.22. The first kappa shape index (κ1) is 18.2. The molecule has 0 spiro atoms. The van der Waals surface area contributed by atoms with E-state index in [-0.39, 0.29) is 6.04 Å². The monoisotopic (exact) mass is 369 g/mol. The minimum Gasteiger partial charge on any atom is -0.493 e. The molecule has 0 aliphatic carbocycles. The molecule has 0 saturated heterocycles. The van der Waals surface area contributed by atoms with Crippen LogP contribution in [-0.4, -0.2) is 24.2 Å². The van der Waals surface area contributed by atoms with Gasteiger partial charge in [0.25, 0.3) is 0 Å². The SMILES string of the molecule is C/C=C/c1ccc(C(C)Nc2nc(C)nc3cc(OC)c(OC)cc23)s1. The molecule has 3 aromatic rings. The first-order chi connectivity index (χ1) is 12.5. The van der Waals surface area contributed by atoms with Gasteiger partial charge in [-0.05, 0) is 45.0 Å². The zero-order valence-electron chi connectivity index (χ0n) is 15.7. The molecule has 2 aromatic heterocycles. The second kappa shape index (κ2) is 7.74. The number of aryl methyl sites for hydroxylation is 1. The molecule has 1 unspecified atom stereocenters. The fourth-order valence-electron chi connectivity index (χ4n) is 2.81. The zero-order chi connectivity index (χ0) is 18.7. The van der Waals surface area contributed by atoms with E-state index < -0.39 is 0 Å². The van der Waals surface area contributed by atoms with Crippen LogP contribution in [0.1, 0.15) is 35.5 Å². The molecule has 0 radical (unpaired) electrons. The van der Waals surface area contributed by atoms with Gasteiger partial charge in [-0.1, -0.05) is 6.08 Å². The van der Waals surface area contributed by atoms with Crippen molar-refractivity contribution in [1.82, 2.24) is 9.97 Å². The first-order valence-electron chi connectivity index (χ1n) is 8.45. The van der Waals surface area contributed by atoms with Crippen LogP contribution in [0, 0.1) is 6.92 Å². The number of benzene rings is 1. The largest absolute Gasteiger partial charge is 0.493 e. The van der Waals surface area contributed by atoms with E-state index in [0.29, 0.717) is 17.3 Å². The topological polar surface area (TPSA) is 56.3 Å². The Morgan fingerprint density at radius 3 is 2.54 bits per heavy atom. The van der Waals surface area contributed by atoms with Crippen LogP contribution in [0.25, 0.3) is 17.0 Å². The Bertz CT molecular complexity index is 950. The van der Waals surface area contributed by atoms with Gasteiger partial charge in [0.15, 0.2) is 11.5 Å². The molecule has 0 bridgehead atoms. The number of hydrogen-bond donors (Lipinski definition) is 1. The van der Waals surface area contributed by atoms with Gasteiger partial charge in [0.05, 0.1) is 25.8 Å². The van der Waals surface area contributed by atoms with Crippen molar-refractivity contribution in [3.63, 3.8) is 0 Å². The third-order valence-corrected chi connectivity index (χ3v) is 5.30. The smallest absolute Gasteiger partial charge is 0.162 e. The number of aromatic nitrogens is 2. The van der Waals surface area contributed by atoms with Crippen LogP contribution in [0.3, 0.4) is 0 Å². The van der Waals surface area contributed by atoms with E-state index in [2.05, 4.69) is 46.5 Å². The van der Waals surface area contributed by atoms with E-state index >= 15 is 0 Å². The minimum absolute atomic E-state index is 0.129. The van der Waals surface area contributed by atoms with Crippen LogP contribution in [0.4, 0.5) is 5.82 Å². The summed E-state index contributed by atoms with van der Waals surface area (Å²) in [5.74, 6) is 2.82. The molecule has 6 heteroatoms. The minimum atomic E-state index is 0.129. The van der Waals surface area contributed by atoms with Crippen molar-refractivity contribution in [3.8, 4) is 11.5 Å². The van der Waals surface area contributed by atoms with Gasteiger partial charge < -0.3 is 14.8 Å². The van der Waals surface area contributed by atoms with Gasteiger partial charge in [0.1, 0.15) is 11.6 Å². The molecule has 0 amide bonds. The number of methoxy groups -OCH3 is 2. The molecule has 0 fully saturated rings. The highest BCUT2D eigenvalue weighted by molar-refractivity contribution is 7.13. The number of nitrogens with zero attached hydrogens (tertiary/aromatic N) is 2. The summed E-state index contributed by atoms with van der Waals surface area (Å²) >= 11 is 1.77. The van der Waals surface area contributed by atoms with Crippen LogP contribution in [0.2, 0.25) is 0 Å². The highest BCUT2D eigenvalue weighted by Crippen LogP contribution is 2.35. The van der Waals surface area contributed by atoms with Crippen LogP contribution < -0.4 is 14.8 Å². The Morgan fingerprint density at radius 2 is 1.85 bits per heavy atom. The van der Waals surface area contributed by atoms with Gasteiger partial charge in [-0.25, -0.2) is 9.97 Å². The van der Waals surface area contributed by atoms with Crippen LogP contribution in [0.15, 0.2) is 30.3 Å². The number of hydrogen-bond acceptors (Lipinski definition) is 6. The lowest BCUT2D eigenvalue weighted by atomic mass is 10.2. The number of ether oxygens (including phenoxy) is 2. The number of rotatable bonds is 6. The maximum Gasteiger partial charge on any atom is 0.162 e. The molecule has 5 nitrogen and oxygen atoms in total. The number of anilines is 1. The average molecular weight is 369 g/mol. The molecule has 26 heavy (non-hydrogen) atoms. The quantitative estimate of drug-likeness (QED) is 0.645. The summed E-state index contributed by atoms with van der Waals surface area (Å²) in [6.07, 6.45) is 4.16. The lowest BCUT2D eigenvalue weighted by molar-refractivity contribution is 0.356. The average Bonchev–Trinajstić information content (AvgIpc) is 3.09. The molecule has 136 valence electrons. The van der Waals surface area contributed by atoms with E-state index in [1.807, 2.05) is 26.0 Å². The van der Waals surface area contributed by atoms with Crippen molar-refractivity contribution in [2.75, 3.05) is 19.5 Å². The Morgan fingerprint density at radius 1 is 1.12 bits per heavy atom. The summed E-state index contributed by atoms with van der Waals surface area (Å²) in [7, 11) is 3.25. The Kier molecular flexibility index (Phi) is 5.42. The number of fused-ring (bicyclic) bond motifs is 1. The van der Waals surface area contributed by atoms with E-state index in [4.69, 9.17) is 9.47 Å². The third-order valence-electron chi connectivity index (χ3n) is 4.07. The van der Waals surface area contributed by atoms with Crippen molar-refractivity contribution >= 4 is 34.1 Å². The maximum absolute atomic E-state index is 5.44. The first-order valence-corrected chi connectivity index (χ1v) is 9.26. The third kappa shape index (κ3) is 3.65. The standard InChI is InChI=1S/C20H23N3O2S/c1-6-7-14-8-9-19(26-14)12(2)21-20-15-10-17(24-4)18(25-5)11-16(15)22-13(3)23-20/h6-12H,1-5H3,(H,21,22,23)/b7-6+. The van der Waals surface area contributed by atoms with Gasteiger partial charge in [-0.15, -0.1) is 11.3 Å². The lowest BCUT2D eigenvalue weighted by Crippen LogP contribution is -2.08. The molecule has 0 aliphatic heterocycles. The summed E-state index contributed by atoms with van der Waals surface area (Å²) in [4.78, 5) is 11.6. The molecular weight excluding hydrogens is 346 g/mol. The van der Waals surface area contributed by atoms with E-state index in [1.165, 1.54) is 9.75 Å². The number of allylic oxidation sites excluding steroid dienone is 1. The second-order valence-corrected chi connectivity index (χ2v) is 7.10. The van der Waals surface area contributed by atoms with Gasteiger partial charge in [-0.3, -0.25) is 0 Å². The zero-order valence-corrected chi connectivity index (χ0v) is 16.5. The second-order valence-electron chi connectivity index (χ2n) is 5.95.